The Morgan fingerprint density at radius 3 is 1.15 bits per heavy atom. The van der Waals surface area contributed by atoms with E-state index in [1.807, 2.05) is 12.4 Å². The highest BCUT2D eigenvalue weighted by Crippen LogP contribution is 2.37. The predicted octanol–water partition coefficient (Wildman–Crippen LogP) is 15.9. The van der Waals surface area contributed by atoms with Crippen LogP contribution >= 0.6 is 0 Å². The zero-order chi connectivity index (χ0) is 37.4. The Kier molecular flexibility index (Phi) is 22.2. The largest absolute Gasteiger partial charge is 0.454 e. The molecular weight excluding hydrogens is 645 g/mol. The van der Waals surface area contributed by atoms with E-state index in [4.69, 9.17) is 14.7 Å². The minimum absolute atomic E-state index is 0.786. The maximum Gasteiger partial charge on any atom is 0.146 e. The fraction of sp³-hybridized carbons (Fsp3) is 0.800. The summed E-state index contributed by atoms with van der Waals surface area (Å²) in [7, 11) is 0. The van der Waals surface area contributed by atoms with Crippen LogP contribution in [0.25, 0.3) is 0 Å². The molecule has 2 aromatic rings. The van der Waals surface area contributed by atoms with E-state index in [1.165, 1.54) is 215 Å². The molecule has 53 heavy (non-hydrogen) atoms. The SMILES string of the molecule is CCCCCCCc1ncc(Oc2cnc(CCCCCCC)c(CC3CCC(CCCCCC)CC3)c2)cc1CC1CCC(CCCCCC)CC1. The van der Waals surface area contributed by atoms with Crippen LogP contribution in [0.1, 0.15) is 230 Å². The second-order valence-corrected chi connectivity index (χ2v) is 17.9. The van der Waals surface area contributed by atoms with Gasteiger partial charge < -0.3 is 4.74 Å². The molecule has 0 saturated heterocycles. The van der Waals surface area contributed by atoms with E-state index in [1.54, 1.807) is 0 Å². The van der Waals surface area contributed by atoms with Crippen molar-refractivity contribution in [3.63, 3.8) is 0 Å². The summed E-state index contributed by atoms with van der Waals surface area (Å²) in [6.45, 7) is 9.26. The molecule has 2 heterocycles. The quantitative estimate of drug-likeness (QED) is 0.0818. The van der Waals surface area contributed by atoms with Crippen LogP contribution in [0.2, 0.25) is 0 Å². The lowest BCUT2D eigenvalue weighted by atomic mass is 9.77. The van der Waals surface area contributed by atoms with E-state index in [0.29, 0.717) is 0 Å². The number of unbranched alkanes of at least 4 members (excludes halogenated alkanes) is 14. The molecule has 2 saturated carbocycles. The van der Waals surface area contributed by atoms with Crippen molar-refractivity contribution in [1.29, 1.82) is 0 Å². The topological polar surface area (TPSA) is 35.0 Å². The van der Waals surface area contributed by atoms with E-state index in [0.717, 1.165) is 48.0 Å². The van der Waals surface area contributed by atoms with Crippen LogP contribution in [0, 0.1) is 23.7 Å². The summed E-state index contributed by atoms with van der Waals surface area (Å²) in [4.78, 5) is 10.2. The lowest BCUT2D eigenvalue weighted by Crippen LogP contribution is -2.17. The van der Waals surface area contributed by atoms with Gasteiger partial charge in [0.15, 0.2) is 0 Å². The zero-order valence-electron chi connectivity index (χ0n) is 35.5. The average molecular weight is 729 g/mol. The molecule has 2 aromatic heterocycles. The lowest BCUT2D eigenvalue weighted by Gasteiger charge is -2.29. The molecule has 0 unspecified atom stereocenters. The Labute approximate surface area is 329 Å². The van der Waals surface area contributed by atoms with E-state index in [9.17, 15) is 0 Å². The van der Waals surface area contributed by atoms with Crippen molar-refractivity contribution < 1.29 is 4.74 Å². The molecule has 3 nitrogen and oxygen atoms in total. The number of aromatic nitrogens is 2. The molecule has 0 aliphatic heterocycles. The first kappa shape index (κ1) is 43.8. The molecule has 0 atom stereocenters. The molecule has 2 aliphatic carbocycles. The fourth-order valence-electron chi connectivity index (χ4n) is 9.67. The Balaban J connectivity index is 1.42. The van der Waals surface area contributed by atoms with Gasteiger partial charge in [0.25, 0.3) is 0 Å². The summed E-state index contributed by atoms with van der Waals surface area (Å²) in [6.07, 6.45) is 47.0. The van der Waals surface area contributed by atoms with Gasteiger partial charge in [-0.15, -0.1) is 0 Å². The van der Waals surface area contributed by atoms with Crippen LogP contribution < -0.4 is 4.74 Å². The summed E-state index contributed by atoms with van der Waals surface area (Å²) < 4.78 is 6.70. The molecule has 0 bridgehead atoms. The maximum absolute atomic E-state index is 6.70. The summed E-state index contributed by atoms with van der Waals surface area (Å²) in [5.74, 6) is 5.30. The minimum atomic E-state index is 0.786. The molecule has 0 N–H and O–H groups in total. The minimum Gasteiger partial charge on any atom is -0.454 e. The average Bonchev–Trinajstić information content (AvgIpc) is 3.18. The third-order valence-electron chi connectivity index (χ3n) is 13.2. The Hall–Kier alpha value is -1.90. The second-order valence-electron chi connectivity index (χ2n) is 17.9. The summed E-state index contributed by atoms with van der Waals surface area (Å²) >= 11 is 0. The van der Waals surface area contributed by atoms with Gasteiger partial charge in [-0.3, -0.25) is 9.97 Å². The normalized spacial score (nSPS) is 20.5. The number of hydrogen-bond donors (Lipinski definition) is 0. The lowest BCUT2D eigenvalue weighted by molar-refractivity contribution is 0.256. The second kappa shape index (κ2) is 26.8. The third kappa shape index (κ3) is 17.2. The van der Waals surface area contributed by atoms with Gasteiger partial charge >= 0.3 is 0 Å². The Morgan fingerprint density at radius 2 is 0.774 bits per heavy atom. The van der Waals surface area contributed by atoms with Crippen LogP contribution in [0.4, 0.5) is 0 Å². The van der Waals surface area contributed by atoms with E-state index in [-0.39, 0.29) is 0 Å². The van der Waals surface area contributed by atoms with Gasteiger partial charge in [-0.1, -0.05) is 169 Å². The molecule has 0 aromatic carbocycles. The van der Waals surface area contributed by atoms with E-state index in [2.05, 4.69) is 39.8 Å². The number of aryl methyl sites for hydroxylation is 2. The van der Waals surface area contributed by atoms with Crippen molar-refractivity contribution in [2.24, 2.45) is 23.7 Å². The molecule has 2 aliphatic rings. The molecule has 0 spiro atoms. The number of nitrogens with zero attached hydrogens (tertiary/aromatic N) is 2. The van der Waals surface area contributed by atoms with Crippen molar-refractivity contribution in [3.05, 3.63) is 47.0 Å². The van der Waals surface area contributed by atoms with E-state index >= 15 is 0 Å². The van der Waals surface area contributed by atoms with Crippen molar-refractivity contribution in [2.45, 2.75) is 233 Å². The van der Waals surface area contributed by atoms with E-state index < -0.39 is 0 Å². The Morgan fingerprint density at radius 1 is 0.434 bits per heavy atom. The monoisotopic (exact) mass is 729 g/mol. The van der Waals surface area contributed by atoms with Crippen LogP contribution in [-0.4, -0.2) is 9.97 Å². The number of hydrogen-bond acceptors (Lipinski definition) is 3. The van der Waals surface area contributed by atoms with Gasteiger partial charge in [0.1, 0.15) is 11.5 Å². The van der Waals surface area contributed by atoms with Crippen molar-refractivity contribution in [3.8, 4) is 11.5 Å². The summed E-state index contributed by atoms with van der Waals surface area (Å²) in [6, 6.07) is 4.74. The first-order chi connectivity index (χ1) is 26.1. The van der Waals surface area contributed by atoms with Gasteiger partial charge in [-0.05, 0) is 111 Å². The molecule has 0 amide bonds. The van der Waals surface area contributed by atoms with Crippen LogP contribution in [0.15, 0.2) is 24.5 Å². The summed E-state index contributed by atoms with van der Waals surface area (Å²) in [5.41, 5.74) is 5.56. The number of pyridine rings is 2. The van der Waals surface area contributed by atoms with Gasteiger partial charge in [-0.25, -0.2) is 0 Å². The highest BCUT2D eigenvalue weighted by Gasteiger charge is 2.24. The third-order valence-corrected chi connectivity index (χ3v) is 13.2. The van der Waals surface area contributed by atoms with Crippen LogP contribution in [0.5, 0.6) is 11.5 Å². The predicted molar refractivity (Wildman–Crippen MR) is 229 cm³/mol. The van der Waals surface area contributed by atoms with Crippen molar-refractivity contribution >= 4 is 0 Å². The van der Waals surface area contributed by atoms with Crippen molar-refractivity contribution in [1.82, 2.24) is 9.97 Å². The fourth-order valence-corrected chi connectivity index (χ4v) is 9.67. The van der Waals surface area contributed by atoms with Gasteiger partial charge in [-0.2, -0.15) is 0 Å². The van der Waals surface area contributed by atoms with Gasteiger partial charge in [0, 0.05) is 11.4 Å². The zero-order valence-corrected chi connectivity index (χ0v) is 35.5. The van der Waals surface area contributed by atoms with Gasteiger partial charge in [0.2, 0.25) is 0 Å². The first-order valence-electron chi connectivity index (χ1n) is 23.7. The van der Waals surface area contributed by atoms with Gasteiger partial charge in [0.05, 0.1) is 12.4 Å². The summed E-state index contributed by atoms with van der Waals surface area (Å²) in [5, 5.41) is 0. The number of rotatable bonds is 28. The molecule has 300 valence electrons. The first-order valence-corrected chi connectivity index (χ1v) is 23.7. The van der Waals surface area contributed by atoms with Crippen LogP contribution in [-0.2, 0) is 25.7 Å². The number of ether oxygens (including phenoxy) is 1. The van der Waals surface area contributed by atoms with Crippen molar-refractivity contribution in [2.75, 3.05) is 0 Å². The maximum atomic E-state index is 6.70. The highest BCUT2D eigenvalue weighted by molar-refractivity contribution is 5.36. The molecule has 2 fully saturated rings. The van der Waals surface area contributed by atoms with Crippen LogP contribution in [0.3, 0.4) is 0 Å². The Bertz CT molecular complexity index is 1110. The molecule has 3 heteroatoms. The molecule has 4 rings (SSSR count). The molecule has 0 radical (unpaired) electrons. The highest BCUT2D eigenvalue weighted by atomic mass is 16.5. The smallest absolute Gasteiger partial charge is 0.146 e. The standard InChI is InChI=1S/C50H84N2O/c1-5-9-13-17-21-25-49-45(35-43-31-27-41(28-32-43)23-19-15-11-7-3)37-47(39-51-49)53-48-38-46(50(52-40-48)26-22-18-14-10-6-2)36-44-33-29-42(30-34-44)24-20-16-12-8-4/h37-44H,5-36H2,1-4H3. The molecular formula is C50H84N2O.